The van der Waals surface area contributed by atoms with Crippen LogP contribution < -0.4 is 10.2 Å². The standard InChI is InChI=1S/C15H20N4O/c1-2-7-16-14-12-5-3-4-6-13(12)17-15(18-14)19-8-10-20-11-9-19/h3-6H,2,7-11H2,1H3,(H,16,17,18). The average Bonchev–Trinajstić information content (AvgIpc) is 2.53. The van der Waals surface area contributed by atoms with Gasteiger partial charge in [-0.15, -0.1) is 0 Å². The number of anilines is 2. The van der Waals surface area contributed by atoms with Gasteiger partial charge in [0.2, 0.25) is 5.95 Å². The summed E-state index contributed by atoms with van der Waals surface area (Å²) in [6.45, 7) is 6.27. The van der Waals surface area contributed by atoms with Crippen LogP contribution in [0.3, 0.4) is 0 Å². The second-order valence-corrected chi connectivity index (χ2v) is 4.92. The van der Waals surface area contributed by atoms with E-state index in [1.807, 2.05) is 18.2 Å². The van der Waals surface area contributed by atoms with Crippen molar-refractivity contribution in [1.29, 1.82) is 0 Å². The predicted molar refractivity (Wildman–Crippen MR) is 81.4 cm³/mol. The van der Waals surface area contributed by atoms with Gasteiger partial charge in [-0.2, -0.15) is 4.98 Å². The monoisotopic (exact) mass is 272 g/mol. The van der Waals surface area contributed by atoms with Crippen LogP contribution in [0.25, 0.3) is 10.9 Å². The summed E-state index contributed by atoms with van der Waals surface area (Å²) in [6, 6.07) is 8.15. The van der Waals surface area contributed by atoms with Gasteiger partial charge in [0.1, 0.15) is 5.82 Å². The third-order valence-electron chi connectivity index (χ3n) is 3.43. The molecule has 0 bridgehead atoms. The van der Waals surface area contributed by atoms with Crippen molar-refractivity contribution in [1.82, 2.24) is 9.97 Å². The van der Waals surface area contributed by atoms with Gasteiger partial charge in [-0.3, -0.25) is 0 Å². The Morgan fingerprint density at radius 1 is 1.20 bits per heavy atom. The molecule has 0 atom stereocenters. The lowest BCUT2D eigenvalue weighted by atomic mass is 10.2. The van der Waals surface area contributed by atoms with Crippen LogP contribution in [0.15, 0.2) is 24.3 Å². The summed E-state index contributed by atoms with van der Waals surface area (Å²) in [5.74, 6) is 1.73. The SMILES string of the molecule is CCCNc1nc(N2CCOCC2)nc2ccccc12. The summed E-state index contributed by atoms with van der Waals surface area (Å²) in [7, 11) is 0. The Bertz CT molecular complexity index is 581. The lowest BCUT2D eigenvalue weighted by Crippen LogP contribution is -2.37. The molecule has 106 valence electrons. The van der Waals surface area contributed by atoms with E-state index in [-0.39, 0.29) is 0 Å². The maximum absolute atomic E-state index is 5.39. The van der Waals surface area contributed by atoms with Gasteiger partial charge in [-0.1, -0.05) is 19.1 Å². The molecule has 5 heteroatoms. The van der Waals surface area contributed by atoms with Crippen molar-refractivity contribution in [2.24, 2.45) is 0 Å². The van der Waals surface area contributed by atoms with Crippen LogP contribution in [-0.4, -0.2) is 42.8 Å². The van der Waals surface area contributed by atoms with Crippen LogP contribution in [0.1, 0.15) is 13.3 Å². The first-order valence-corrected chi connectivity index (χ1v) is 7.22. The number of hydrogen-bond acceptors (Lipinski definition) is 5. The van der Waals surface area contributed by atoms with Crippen LogP contribution in [0.4, 0.5) is 11.8 Å². The molecule has 1 aliphatic rings. The maximum atomic E-state index is 5.39. The summed E-state index contributed by atoms with van der Waals surface area (Å²) in [5.41, 5.74) is 0.989. The summed E-state index contributed by atoms with van der Waals surface area (Å²) < 4.78 is 5.39. The highest BCUT2D eigenvalue weighted by atomic mass is 16.5. The van der Waals surface area contributed by atoms with Crippen molar-refractivity contribution in [3.8, 4) is 0 Å². The number of aromatic nitrogens is 2. The van der Waals surface area contributed by atoms with E-state index in [0.29, 0.717) is 0 Å². The Labute approximate surface area is 119 Å². The normalized spacial score (nSPS) is 15.6. The fourth-order valence-electron chi connectivity index (χ4n) is 2.35. The van der Waals surface area contributed by atoms with Gasteiger partial charge in [0.05, 0.1) is 18.7 Å². The number of rotatable bonds is 4. The zero-order valence-electron chi connectivity index (χ0n) is 11.8. The third-order valence-corrected chi connectivity index (χ3v) is 3.43. The van der Waals surface area contributed by atoms with E-state index in [1.165, 1.54) is 0 Å². The van der Waals surface area contributed by atoms with E-state index in [4.69, 9.17) is 9.72 Å². The molecule has 0 spiro atoms. The number of nitrogens with one attached hydrogen (secondary N) is 1. The maximum Gasteiger partial charge on any atom is 0.228 e. The molecule has 1 aliphatic heterocycles. The van der Waals surface area contributed by atoms with Crippen molar-refractivity contribution in [2.75, 3.05) is 43.1 Å². The Morgan fingerprint density at radius 3 is 2.80 bits per heavy atom. The molecule has 2 aromatic rings. The van der Waals surface area contributed by atoms with Crippen molar-refractivity contribution in [3.63, 3.8) is 0 Å². The minimum atomic E-state index is 0.744. The molecule has 20 heavy (non-hydrogen) atoms. The minimum Gasteiger partial charge on any atom is -0.378 e. The van der Waals surface area contributed by atoms with Crippen molar-refractivity contribution < 1.29 is 4.74 Å². The highest BCUT2D eigenvalue weighted by molar-refractivity contribution is 5.90. The molecule has 1 saturated heterocycles. The van der Waals surface area contributed by atoms with Crippen LogP contribution in [0.2, 0.25) is 0 Å². The second kappa shape index (κ2) is 6.05. The van der Waals surface area contributed by atoms with Gasteiger partial charge >= 0.3 is 0 Å². The molecule has 0 aliphatic carbocycles. The van der Waals surface area contributed by atoms with E-state index in [9.17, 15) is 0 Å². The number of benzene rings is 1. The number of morpholine rings is 1. The predicted octanol–water partition coefficient (Wildman–Crippen LogP) is 2.29. The van der Waals surface area contributed by atoms with E-state index >= 15 is 0 Å². The van der Waals surface area contributed by atoms with Crippen molar-refractivity contribution in [2.45, 2.75) is 13.3 Å². The molecule has 0 unspecified atom stereocenters. The largest absolute Gasteiger partial charge is 0.378 e. The van der Waals surface area contributed by atoms with E-state index in [1.54, 1.807) is 0 Å². The van der Waals surface area contributed by atoms with Gasteiger partial charge in [-0.05, 0) is 18.6 Å². The van der Waals surface area contributed by atoms with E-state index in [0.717, 1.165) is 61.9 Å². The molecule has 3 rings (SSSR count). The van der Waals surface area contributed by atoms with Gasteiger partial charge in [0.15, 0.2) is 0 Å². The second-order valence-electron chi connectivity index (χ2n) is 4.92. The molecule has 0 radical (unpaired) electrons. The summed E-state index contributed by atoms with van der Waals surface area (Å²) in [6.07, 6.45) is 1.07. The molecule has 2 heterocycles. The van der Waals surface area contributed by atoms with Gasteiger partial charge in [0.25, 0.3) is 0 Å². The molecule has 1 aromatic carbocycles. The Morgan fingerprint density at radius 2 is 2.00 bits per heavy atom. The number of fused-ring (bicyclic) bond motifs is 1. The Kier molecular flexibility index (Phi) is 3.97. The molecule has 0 amide bonds. The molecule has 5 nitrogen and oxygen atoms in total. The molecule has 1 N–H and O–H groups in total. The zero-order chi connectivity index (χ0) is 13.8. The quantitative estimate of drug-likeness (QED) is 0.925. The Hall–Kier alpha value is -1.88. The first kappa shape index (κ1) is 13.1. The first-order chi connectivity index (χ1) is 9.88. The molecule has 1 aromatic heterocycles. The smallest absolute Gasteiger partial charge is 0.228 e. The molecular weight excluding hydrogens is 252 g/mol. The number of nitrogens with zero attached hydrogens (tertiary/aromatic N) is 3. The topological polar surface area (TPSA) is 50.3 Å². The van der Waals surface area contributed by atoms with Gasteiger partial charge in [0, 0.05) is 25.0 Å². The van der Waals surface area contributed by atoms with Crippen LogP contribution in [0.5, 0.6) is 0 Å². The van der Waals surface area contributed by atoms with Crippen molar-refractivity contribution in [3.05, 3.63) is 24.3 Å². The van der Waals surface area contributed by atoms with E-state index < -0.39 is 0 Å². The molecular formula is C15H20N4O. The van der Waals surface area contributed by atoms with Crippen LogP contribution in [-0.2, 0) is 4.74 Å². The fraction of sp³-hybridized carbons (Fsp3) is 0.467. The number of para-hydroxylation sites is 1. The van der Waals surface area contributed by atoms with E-state index in [2.05, 4.69) is 28.2 Å². The first-order valence-electron chi connectivity index (χ1n) is 7.22. The van der Waals surface area contributed by atoms with Gasteiger partial charge in [-0.25, -0.2) is 4.98 Å². The minimum absolute atomic E-state index is 0.744. The van der Waals surface area contributed by atoms with Crippen LogP contribution >= 0.6 is 0 Å². The molecule has 0 saturated carbocycles. The molecule has 1 fully saturated rings. The summed E-state index contributed by atoms with van der Waals surface area (Å²) in [4.78, 5) is 11.6. The van der Waals surface area contributed by atoms with Gasteiger partial charge < -0.3 is 15.0 Å². The lowest BCUT2D eigenvalue weighted by molar-refractivity contribution is 0.122. The summed E-state index contributed by atoms with van der Waals surface area (Å²) >= 11 is 0. The highest BCUT2D eigenvalue weighted by Crippen LogP contribution is 2.23. The summed E-state index contributed by atoms with van der Waals surface area (Å²) in [5, 5.41) is 4.49. The third kappa shape index (κ3) is 2.67. The van der Waals surface area contributed by atoms with Crippen LogP contribution in [0, 0.1) is 0 Å². The fourth-order valence-corrected chi connectivity index (χ4v) is 2.35. The van der Waals surface area contributed by atoms with Crippen molar-refractivity contribution >= 4 is 22.7 Å². The highest BCUT2D eigenvalue weighted by Gasteiger charge is 2.16. The lowest BCUT2D eigenvalue weighted by Gasteiger charge is -2.27. The number of ether oxygens (including phenoxy) is 1. The Balaban J connectivity index is 1.99. The number of hydrogen-bond donors (Lipinski definition) is 1. The zero-order valence-corrected chi connectivity index (χ0v) is 11.8. The average molecular weight is 272 g/mol.